The number of esters is 1. The lowest BCUT2D eigenvalue weighted by molar-refractivity contribution is -0.385. The molecule has 160 valence electrons. The monoisotopic (exact) mass is 434 g/mol. The fraction of sp³-hybridized carbons (Fsp3) is 0.350. The number of carbonyl (C=O) groups is 1. The van der Waals surface area contributed by atoms with E-state index >= 15 is 0 Å². The maximum absolute atomic E-state index is 12.9. The summed E-state index contributed by atoms with van der Waals surface area (Å²) in [5.74, 6) is -0.891. The highest BCUT2D eigenvalue weighted by Gasteiger charge is 2.28. The standard InChI is InChI=1S/C20H22N2O7S/c1-14-6-8-16(30(26,27)21-10-4-3-5-11-21)13-17(14)20(23)29-19-9-7-15(28-2)12-18(19)22(24)25/h6-9,12-13H,3-5,10-11H2,1-2H3. The van der Waals surface area contributed by atoms with Crippen molar-refractivity contribution in [1.82, 2.24) is 4.31 Å². The molecule has 0 aromatic heterocycles. The molecular formula is C20H22N2O7S. The molecule has 0 bridgehead atoms. The van der Waals surface area contributed by atoms with Crippen LogP contribution in [0.2, 0.25) is 0 Å². The van der Waals surface area contributed by atoms with Crippen LogP contribution in [0, 0.1) is 17.0 Å². The molecule has 3 rings (SSSR count). The van der Waals surface area contributed by atoms with Crippen molar-refractivity contribution in [3.8, 4) is 11.5 Å². The van der Waals surface area contributed by atoms with Crippen molar-refractivity contribution >= 4 is 21.7 Å². The van der Waals surface area contributed by atoms with Crippen molar-refractivity contribution in [2.75, 3.05) is 20.2 Å². The highest BCUT2D eigenvalue weighted by molar-refractivity contribution is 7.89. The number of methoxy groups -OCH3 is 1. The molecule has 0 unspecified atom stereocenters. The van der Waals surface area contributed by atoms with Crippen LogP contribution in [0.25, 0.3) is 0 Å². The fourth-order valence-electron chi connectivity index (χ4n) is 3.24. The predicted octanol–water partition coefficient (Wildman–Crippen LogP) is 3.31. The molecule has 1 saturated heterocycles. The molecule has 0 amide bonds. The van der Waals surface area contributed by atoms with Gasteiger partial charge in [0.15, 0.2) is 0 Å². The van der Waals surface area contributed by atoms with Crippen molar-refractivity contribution in [2.45, 2.75) is 31.1 Å². The Balaban J connectivity index is 1.92. The van der Waals surface area contributed by atoms with Gasteiger partial charge in [-0.1, -0.05) is 12.5 Å². The average molecular weight is 434 g/mol. The van der Waals surface area contributed by atoms with E-state index in [-0.39, 0.29) is 22.0 Å². The Morgan fingerprint density at radius 3 is 2.43 bits per heavy atom. The molecular weight excluding hydrogens is 412 g/mol. The summed E-state index contributed by atoms with van der Waals surface area (Å²) in [5, 5.41) is 11.3. The molecule has 2 aromatic rings. The third-order valence-corrected chi connectivity index (χ3v) is 6.84. The Labute approximate surface area is 174 Å². The molecule has 0 radical (unpaired) electrons. The smallest absolute Gasteiger partial charge is 0.344 e. The normalized spacial score (nSPS) is 14.9. The van der Waals surface area contributed by atoms with Crippen LogP contribution in [0.3, 0.4) is 0 Å². The minimum atomic E-state index is -3.74. The quantitative estimate of drug-likeness (QED) is 0.296. The van der Waals surface area contributed by atoms with Crippen LogP contribution in [0.4, 0.5) is 5.69 Å². The first-order valence-corrected chi connectivity index (χ1v) is 10.8. The second-order valence-electron chi connectivity index (χ2n) is 6.92. The summed E-state index contributed by atoms with van der Waals surface area (Å²) in [6, 6.07) is 8.07. The number of aryl methyl sites for hydroxylation is 1. The first-order valence-electron chi connectivity index (χ1n) is 9.39. The van der Waals surface area contributed by atoms with Gasteiger partial charge in [0.1, 0.15) is 5.75 Å². The molecule has 1 fully saturated rings. The third-order valence-electron chi connectivity index (χ3n) is 4.95. The van der Waals surface area contributed by atoms with E-state index in [1.807, 2.05) is 0 Å². The number of hydrogen-bond donors (Lipinski definition) is 0. The Morgan fingerprint density at radius 2 is 1.80 bits per heavy atom. The Hall–Kier alpha value is -2.98. The van der Waals surface area contributed by atoms with E-state index in [2.05, 4.69) is 0 Å². The number of nitrogens with zero attached hydrogens (tertiary/aromatic N) is 2. The second kappa shape index (κ2) is 8.80. The highest BCUT2D eigenvalue weighted by Crippen LogP contribution is 2.32. The van der Waals surface area contributed by atoms with Crippen molar-refractivity contribution in [2.24, 2.45) is 0 Å². The molecule has 1 heterocycles. The summed E-state index contributed by atoms with van der Waals surface area (Å²) in [7, 11) is -2.37. The van der Waals surface area contributed by atoms with Gasteiger partial charge in [0.2, 0.25) is 15.8 Å². The van der Waals surface area contributed by atoms with E-state index in [1.54, 1.807) is 6.92 Å². The number of piperidine rings is 1. The van der Waals surface area contributed by atoms with Crippen LogP contribution >= 0.6 is 0 Å². The number of sulfonamides is 1. The molecule has 0 aliphatic carbocycles. The summed E-state index contributed by atoms with van der Waals surface area (Å²) in [6.45, 7) is 2.51. The van der Waals surface area contributed by atoms with E-state index in [1.165, 1.54) is 41.7 Å². The fourth-order valence-corrected chi connectivity index (χ4v) is 4.79. The summed E-state index contributed by atoms with van der Waals surface area (Å²) < 4.78 is 37.4. The van der Waals surface area contributed by atoms with Crippen molar-refractivity contribution in [1.29, 1.82) is 0 Å². The summed E-state index contributed by atoms with van der Waals surface area (Å²) in [5.41, 5.74) is 0.0874. The van der Waals surface area contributed by atoms with Gasteiger partial charge < -0.3 is 9.47 Å². The number of rotatable bonds is 6. The zero-order valence-electron chi connectivity index (χ0n) is 16.7. The first-order chi connectivity index (χ1) is 14.2. The van der Waals surface area contributed by atoms with E-state index in [4.69, 9.17) is 9.47 Å². The number of hydrogen-bond acceptors (Lipinski definition) is 7. The molecule has 30 heavy (non-hydrogen) atoms. The van der Waals surface area contributed by atoms with E-state index in [0.29, 0.717) is 18.7 Å². The Morgan fingerprint density at radius 1 is 1.10 bits per heavy atom. The molecule has 10 heteroatoms. The molecule has 1 aliphatic heterocycles. The molecule has 2 aromatic carbocycles. The zero-order valence-corrected chi connectivity index (χ0v) is 17.5. The maximum atomic E-state index is 12.9. The number of carbonyl (C=O) groups excluding carboxylic acids is 1. The average Bonchev–Trinajstić information content (AvgIpc) is 2.74. The molecule has 0 atom stereocenters. The van der Waals surface area contributed by atoms with Crippen LogP contribution in [-0.2, 0) is 10.0 Å². The lowest BCUT2D eigenvalue weighted by atomic mass is 10.1. The Kier molecular flexibility index (Phi) is 6.37. The summed E-state index contributed by atoms with van der Waals surface area (Å²) in [6.07, 6.45) is 2.57. The minimum absolute atomic E-state index is 0.00817. The summed E-state index contributed by atoms with van der Waals surface area (Å²) in [4.78, 5) is 23.4. The second-order valence-corrected chi connectivity index (χ2v) is 8.86. The molecule has 0 N–H and O–H groups in total. The van der Waals surface area contributed by atoms with Crippen molar-refractivity contribution in [3.05, 3.63) is 57.6 Å². The van der Waals surface area contributed by atoms with Gasteiger partial charge in [-0.25, -0.2) is 13.2 Å². The maximum Gasteiger partial charge on any atom is 0.344 e. The highest BCUT2D eigenvalue weighted by atomic mass is 32.2. The lowest BCUT2D eigenvalue weighted by Gasteiger charge is -2.26. The Bertz CT molecular complexity index is 1080. The van der Waals surface area contributed by atoms with Gasteiger partial charge in [0.05, 0.1) is 28.6 Å². The topological polar surface area (TPSA) is 116 Å². The number of nitro benzene ring substituents is 1. The summed E-state index contributed by atoms with van der Waals surface area (Å²) >= 11 is 0. The van der Waals surface area contributed by atoms with Gasteiger partial charge in [0, 0.05) is 13.1 Å². The number of ether oxygens (including phenoxy) is 2. The van der Waals surface area contributed by atoms with E-state index in [9.17, 15) is 23.3 Å². The van der Waals surface area contributed by atoms with Gasteiger partial charge in [-0.15, -0.1) is 0 Å². The minimum Gasteiger partial charge on any atom is -0.496 e. The third kappa shape index (κ3) is 4.44. The number of nitro groups is 1. The molecule has 9 nitrogen and oxygen atoms in total. The van der Waals surface area contributed by atoms with Crippen molar-refractivity contribution in [3.63, 3.8) is 0 Å². The van der Waals surface area contributed by atoms with Crippen LogP contribution in [-0.4, -0.2) is 43.8 Å². The lowest BCUT2D eigenvalue weighted by Crippen LogP contribution is -2.35. The van der Waals surface area contributed by atoms with Crippen LogP contribution in [0.1, 0.15) is 35.2 Å². The van der Waals surface area contributed by atoms with Gasteiger partial charge in [0.25, 0.3) is 0 Å². The van der Waals surface area contributed by atoms with Gasteiger partial charge in [-0.05, 0) is 49.6 Å². The molecule has 1 aliphatic rings. The SMILES string of the molecule is COc1ccc(OC(=O)c2cc(S(=O)(=O)N3CCCCC3)ccc2C)c([N+](=O)[O-])c1. The molecule has 0 spiro atoms. The van der Waals surface area contributed by atoms with Crippen LogP contribution in [0.5, 0.6) is 11.5 Å². The zero-order chi connectivity index (χ0) is 21.9. The van der Waals surface area contributed by atoms with E-state index in [0.717, 1.165) is 25.3 Å². The predicted molar refractivity (Wildman–Crippen MR) is 108 cm³/mol. The van der Waals surface area contributed by atoms with Gasteiger partial charge in [-0.3, -0.25) is 10.1 Å². The van der Waals surface area contributed by atoms with E-state index < -0.39 is 26.6 Å². The van der Waals surface area contributed by atoms with Gasteiger partial charge >= 0.3 is 11.7 Å². The van der Waals surface area contributed by atoms with Crippen LogP contribution in [0.15, 0.2) is 41.3 Å². The number of benzene rings is 2. The van der Waals surface area contributed by atoms with Gasteiger partial charge in [-0.2, -0.15) is 4.31 Å². The largest absolute Gasteiger partial charge is 0.496 e. The molecule has 0 saturated carbocycles. The van der Waals surface area contributed by atoms with Crippen molar-refractivity contribution < 1.29 is 27.6 Å². The van der Waals surface area contributed by atoms with Crippen LogP contribution < -0.4 is 9.47 Å². The first kappa shape index (κ1) is 21.7.